The summed E-state index contributed by atoms with van der Waals surface area (Å²) in [6.45, 7) is 5.15. The van der Waals surface area contributed by atoms with Crippen molar-refractivity contribution in [3.63, 3.8) is 0 Å². The first kappa shape index (κ1) is 18.1. The summed E-state index contributed by atoms with van der Waals surface area (Å²) in [7, 11) is 1.67. The first-order valence-electron chi connectivity index (χ1n) is 8.88. The molecule has 0 aliphatic carbocycles. The van der Waals surface area contributed by atoms with E-state index < -0.39 is 0 Å². The highest BCUT2D eigenvalue weighted by molar-refractivity contribution is 9.10. The van der Waals surface area contributed by atoms with Gasteiger partial charge >= 0.3 is 0 Å². The molecule has 1 aromatic heterocycles. The van der Waals surface area contributed by atoms with Crippen LogP contribution in [0.4, 0.5) is 5.69 Å². The highest BCUT2D eigenvalue weighted by atomic mass is 79.9. The molecule has 1 aliphatic rings. The molecule has 0 amide bonds. The molecule has 1 fully saturated rings. The van der Waals surface area contributed by atoms with Gasteiger partial charge in [-0.05, 0) is 53.8 Å². The van der Waals surface area contributed by atoms with Gasteiger partial charge in [0.15, 0.2) is 0 Å². The summed E-state index contributed by atoms with van der Waals surface area (Å²) >= 11 is 3.45. The first-order chi connectivity index (χ1) is 12.1. The summed E-state index contributed by atoms with van der Waals surface area (Å²) in [5, 5.41) is 4.17. The van der Waals surface area contributed by atoms with Gasteiger partial charge in [-0.1, -0.05) is 30.3 Å². The molecular weight excluding hydrogens is 380 g/mol. The second-order valence-corrected chi connectivity index (χ2v) is 7.34. The zero-order valence-corrected chi connectivity index (χ0v) is 16.3. The molecule has 5 nitrogen and oxygen atoms in total. The third-order valence-electron chi connectivity index (χ3n) is 4.77. The second kappa shape index (κ2) is 8.63. The van der Waals surface area contributed by atoms with Crippen LogP contribution in [0, 0.1) is 0 Å². The van der Waals surface area contributed by atoms with E-state index in [0.717, 1.165) is 51.3 Å². The number of anilines is 1. The van der Waals surface area contributed by atoms with Crippen LogP contribution in [0.3, 0.4) is 0 Å². The lowest BCUT2D eigenvalue weighted by atomic mass is 10.1. The van der Waals surface area contributed by atoms with Gasteiger partial charge in [-0.3, -0.25) is 4.79 Å². The average molecular weight is 405 g/mol. The van der Waals surface area contributed by atoms with Crippen LogP contribution in [0.1, 0.15) is 18.4 Å². The van der Waals surface area contributed by atoms with Crippen molar-refractivity contribution in [3.05, 3.63) is 56.9 Å². The summed E-state index contributed by atoms with van der Waals surface area (Å²) in [6, 6.07) is 10.7. The van der Waals surface area contributed by atoms with Crippen molar-refractivity contribution in [1.29, 1.82) is 0 Å². The predicted molar refractivity (Wildman–Crippen MR) is 105 cm³/mol. The number of benzene rings is 1. The highest BCUT2D eigenvalue weighted by Crippen LogP contribution is 2.22. The topological polar surface area (TPSA) is 41.4 Å². The molecule has 1 aliphatic heterocycles. The van der Waals surface area contributed by atoms with E-state index in [1.807, 2.05) is 0 Å². The zero-order chi connectivity index (χ0) is 17.6. The molecule has 25 heavy (non-hydrogen) atoms. The van der Waals surface area contributed by atoms with E-state index in [1.54, 1.807) is 13.2 Å². The van der Waals surface area contributed by atoms with Gasteiger partial charge < -0.3 is 9.80 Å². The molecule has 2 heterocycles. The van der Waals surface area contributed by atoms with Gasteiger partial charge in [0.05, 0.1) is 11.9 Å². The molecule has 0 spiro atoms. The summed E-state index contributed by atoms with van der Waals surface area (Å²) in [6.07, 6.45) is 5.20. The molecule has 134 valence electrons. The van der Waals surface area contributed by atoms with Crippen molar-refractivity contribution in [1.82, 2.24) is 14.7 Å². The lowest BCUT2D eigenvalue weighted by molar-refractivity contribution is 0.290. The lowest BCUT2D eigenvalue weighted by Crippen LogP contribution is -2.33. The molecule has 0 unspecified atom stereocenters. The van der Waals surface area contributed by atoms with Crippen LogP contribution < -0.4 is 10.5 Å². The fourth-order valence-electron chi connectivity index (χ4n) is 3.31. The van der Waals surface area contributed by atoms with Crippen molar-refractivity contribution in [2.24, 2.45) is 7.05 Å². The molecule has 0 bridgehead atoms. The number of hydrogen-bond acceptors (Lipinski definition) is 4. The Balaban J connectivity index is 1.54. The van der Waals surface area contributed by atoms with E-state index in [1.165, 1.54) is 16.7 Å². The lowest BCUT2D eigenvalue weighted by Gasteiger charge is -2.24. The number of nitrogens with zero attached hydrogens (tertiary/aromatic N) is 4. The van der Waals surface area contributed by atoms with Gasteiger partial charge in [-0.2, -0.15) is 5.10 Å². The van der Waals surface area contributed by atoms with Crippen molar-refractivity contribution in [2.75, 3.05) is 37.6 Å². The quantitative estimate of drug-likeness (QED) is 0.767. The number of rotatable bonds is 5. The van der Waals surface area contributed by atoms with Gasteiger partial charge in [0.2, 0.25) is 0 Å². The Morgan fingerprint density at radius 1 is 1.12 bits per heavy atom. The summed E-state index contributed by atoms with van der Waals surface area (Å²) in [4.78, 5) is 16.9. The van der Waals surface area contributed by atoms with Crippen LogP contribution in [0.15, 0.2) is 45.8 Å². The monoisotopic (exact) mass is 404 g/mol. The second-order valence-electron chi connectivity index (χ2n) is 6.54. The highest BCUT2D eigenvalue weighted by Gasteiger charge is 2.18. The Morgan fingerprint density at radius 3 is 2.72 bits per heavy atom. The van der Waals surface area contributed by atoms with Gasteiger partial charge in [0.25, 0.3) is 5.56 Å². The fourth-order valence-corrected chi connectivity index (χ4v) is 3.92. The molecule has 0 radical (unpaired) electrons. The largest absolute Gasteiger partial charge is 0.368 e. The minimum Gasteiger partial charge on any atom is -0.368 e. The van der Waals surface area contributed by atoms with E-state index in [0.29, 0.717) is 4.47 Å². The van der Waals surface area contributed by atoms with Crippen molar-refractivity contribution in [3.8, 4) is 0 Å². The number of aryl methyl sites for hydroxylation is 2. The normalized spacial score (nSPS) is 16.0. The molecule has 0 N–H and O–H groups in total. The van der Waals surface area contributed by atoms with E-state index in [9.17, 15) is 4.79 Å². The fraction of sp³-hybridized carbons (Fsp3) is 0.474. The van der Waals surface area contributed by atoms with Crippen LogP contribution in [-0.2, 0) is 13.5 Å². The number of aromatic nitrogens is 2. The molecule has 1 aromatic carbocycles. The van der Waals surface area contributed by atoms with E-state index in [4.69, 9.17) is 0 Å². The summed E-state index contributed by atoms with van der Waals surface area (Å²) < 4.78 is 1.98. The molecule has 0 saturated carbocycles. The third kappa shape index (κ3) is 4.70. The summed E-state index contributed by atoms with van der Waals surface area (Å²) in [5.41, 5.74) is 2.24. The Hall–Kier alpha value is -1.66. The SMILES string of the molecule is Cn1ncc(N2CCCN(CCCc3ccccc3)CC2)c(Br)c1=O. The standard InChI is InChI=1S/C19H25BrN4O/c1-22-19(25)18(20)17(15-21-22)24-12-6-11-23(13-14-24)10-5-9-16-7-3-2-4-8-16/h2-4,7-8,15H,5-6,9-14H2,1H3. The van der Waals surface area contributed by atoms with Crippen LogP contribution in [0.25, 0.3) is 0 Å². The van der Waals surface area contributed by atoms with Crippen molar-refractivity contribution >= 4 is 21.6 Å². The molecular formula is C19H25BrN4O. The Morgan fingerprint density at radius 2 is 1.92 bits per heavy atom. The van der Waals surface area contributed by atoms with Crippen LogP contribution in [-0.4, -0.2) is 47.4 Å². The third-order valence-corrected chi connectivity index (χ3v) is 5.52. The maximum absolute atomic E-state index is 12.1. The first-order valence-corrected chi connectivity index (χ1v) is 9.67. The van der Waals surface area contributed by atoms with E-state index in [-0.39, 0.29) is 5.56 Å². The minimum atomic E-state index is -0.0820. The molecule has 6 heteroatoms. The zero-order valence-electron chi connectivity index (χ0n) is 14.7. The van der Waals surface area contributed by atoms with Crippen LogP contribution in [0.5, 0.6) is 0 Å². The molecule has 2 aromatic rings. The number of hydrogen-bond donors (Lipinski definition) is 0. The molecule has 3 rings (SSSR count). The maximum atomic E-state index is 12.1. The van der Waals surface area contributed by atoms with E-state index in [2.05, 4.69) is 61.2 Å². The van der Waals surface area contributed by atoms with Crippen molar-refractivity contribution in [2.45, 2.75) is 19.3 Å². The van der Waals surface area contributed by atoms with E-state index >= 15 is 0 Å². The van der Waals surface area contributed by atoms with Gasteiger partial charge in [0, 0.05) is 26.7 Å². The van der Waals surface area contributed by atoms with Crippen LogP contribution in [0.2, 0.25) is 0 Å². The number of halogens is 1. The molecule has 1 saturated heterocycles. The van der Waals surface area contributed by atoms with Crippen LogP contribution >= 0.6 is 15.9 Å². The average Bonchev–Trinajstić information content (AvgIpc) is 2.87. The molecule has 0 atom stereocenters. The smallest absolute Gasteiger partial charge is 0.282 e. The Labute approximate surface area is 157 Å². The van der Waals surface area contributed by atoms with Gasteiger partial charge in [-0.15, -0.1) is 0 Å². The van der Waals surface area contributed by atoms with Gasteiger partial charge in [-0.25, -0.2) is 4.68 Å². The Bertz CT molecular complexity index is 747. The predicted octanol–water partition coefficient (Wildman–Crippen LogP) is 2.69. The summed E-state index contributed by atoms with van der Waals surface area (Å²) in [5.74, 6) is 0. The van der Waals surface area contributed by atoms with Crippen molar-refractivity contribution < 1.29 is 0 Å². The maximum Gasteiger partial charge on any atom is 0.282 e. The Kier molecular flexibility index (Phi) is 6.26. The minimum absolute atomic E-state index is 0.0820. The van der Waals surface area contributed by atoms with Gasteiger partial charge in [0.1, 0.15) is 4.47 Å².